The second-order valence-corrected chi connectivity index (χ2v) is 4.14. The Morgan fingerprint density at radius 3 is 3.31 bits per heavy atom. The van der Waals surface area contributed by atoms with Crippen LogP contribution in [0.15, 0.2) is 24.5 Å². The summed E-state index contributed by atoms with van der Waals surface area (Å²) in [5, 5.41) is 4.41. The molecule has 2 N–H and O–H groups in total. The summed E-state index contributed by atoms with van der Waals surface area (Å²) in [6.07, 6.45) is 6.27. The largest absolute Gasteiger partial charge is 0.487 e. The molecule has 3 heterocycles. The van der Waals surface area contributed by atoms with Crippen molar-refractivity contribution in [3.05, 3.63) is 24.5 Å². The lowest BCUT2D eigenvalue weighted by Gasteiger charge is -2.23. The number of hydrogen-bond acceptors (Lipinski definition) is 3. The van der Waals surface area contributed by atoms with E-state index >= 15 is 0 Å². The molecule has 0 aliphatic carbocycles. The minimum Gasteiger partial charge on any atom is -0.487 e. The van der Waals surface area contributed by atoms with Gasteiger partial charge in [0.2, 0.25) is 0 Å². The molecule has 1 aliphatic rings. The van der Waals surface area contributed by atoms with Crippen molar-refractivity contribution in [2.75, 3.05) is 13.1 Å². The van der Waals surface area contributed by atoms with Gasteiger partial charge in [-0.15, -0.1) is 0 Å². The first-order valence-electron chi connectivity index (χ1n) is 5.73. The molecule has 1 unspecified atom stereocenters. The lowest BCUT2D eigenvalue weighted by molar-refractivity contribution is 0.169. The summed E-state index contributed by atoms with van der Waals surface area (Å²) in [5.41, 5.74) is 0.890. The van der Waals surface area contributed by atoms with Gasteiger partial charge in [0.1, 0.15) is 17.5 Å². The monoisotopic (exact) mass is 217 g/mol. The van der Waals surface area contributed by atoms with Crippen LogP contribution in [-0.4, -0.2) is 29.2 Å². The van der Waals surface area contributed by atoms with Crippen molar-refractivity contribution < 1.29 is 4.74 Å². The number of aromatic amines is 1. The molecule has 4 heteroatoms. The van der Waals surface area contributed by atoms with E-state index in [0.29, 0.717) is 0 Å². The molecule has 0 aromatic carbocycles. The molecular formula is C12H15N3O. The zero-order valence-electron chi connectivity index (χ0n) is 9.07. The van der Waals surface area contributed by atoms with Gasteiger partial charge in [-0.2, -0.15) is 0 Å². The molecule has 0 radical (unpaired) electrons. The van der Waals surface area contributed by atoms with Crippen molar-refractivity contribution in [2.24, 2.45) is 0 Å². The van der Waals surface area contributed by atoms with Crippen LogP contribution in [0, 0.1) is 0 Å². The van der Waals surface area contributed by atoms with Crippen molar-refractivity contribution in [1.82, 2.24) is 15.3 Å². The van der Waals surface area contributed by atoms with Crippen LogP contribution in [0.2, 0.25) is 0 Å². The lowest BCUT2D eigenvalue weighted by atomic mass is 10.1. The number of rotatable bonds is 2. The second-order valence-electron chi connectivity index (χ2n) is 4.14. The van der Waals surface area contributed by atoms with Crippen molar-refractivity contribution >= 4 is 11.0 Å². The molecule has 0 saturated carbocycles. The highest BCUT2D eigenvalue weighted by Crippen LogP contribution is 2.25. The van der Waals surface area contributed by atoms with Gasteiger partial charge in [0, 0.05) is 18.9 Å². The third-order valence-electron chi connectivity index (χ3n) is 2.96. The van der Waals surface area contributed by atoms with E-state index < -0.39 is 0 Å². The Labute approximate surface area is 94.0 Å². The summed E-state index contributed by atoms with van der Waals surface area (Å²) in [5.74, 6) is 0.914. The minimum absolute atomic E-state index is 0.285. The van der Waals surface area contributed by atoms with E-state index in [1.165, 1.54) is 6.42 Å². The Bertz CT molecular complexity index is 474. The van der Waals surface area contributed by atoms with E-state index in [-0.39, 0.29) is 6.10 Å². The normalized spacial score (nSPS) is 21.1. The molecule has 1 saturated heterocycles. The van der Waals surface area contributed by atoms with E-state index in [1.807, 2.05) is 18.3 Å². The number of hydrogen-bond donors (Lipinski definition) is 2. The number of aromatic nitrogens is 2. The Kier molecular flexibility index (Phi) is 2.50. The Balaban J connectivity index is 1.83. The second kappa shape index (κ2) is 4.14. The van der Waals surface area contributed by atoms with Gasteiger partial charge in [-0.05, 0) is 31.5 Å². The lowest BCUT2D eigenvalue weighted by Crippen LogP contribution is -2.37. The predicted molar refractivity (Wildman–Crippen MR) is 62.6 cm³/mol. The standard InChI is InChI=1S/C12H15N3O/c1-3-9(7-13-5-1)16-11-8-15-12-10(11)4-2-6-14-12/h2,4,6,8-9,13H,1,3,5,7H2,(H,14,15). The van der Waals surface area contributed by atoms with Crippen molar-refractivity contribution in [3.63, 3.8) is 0 Å². The first-order valence-corrected chi connectivity index (χ1v) is 5.73. The van der Waals surface area contributed by atoms with Gasteiger partial charge in [0.25, 0.3) is 0 Å². The van der Waals surface area contributed by atoms with Gasteiger partial charge in [-0.1, -0.05) is 0 Å². The molecule has 1 fully saturated rings. The number of H-pyrrole nitrogens is 1. The van der Waals surface area contributed by atoms with Crippen LogP contribution in [0.3, 0.4) is 0 Å². The number of fused-ring (bicyclic) bond motifs is 1. The van der Waals surface area contributed by atoms with Crippen LogP contribution in [0.5, 0.6) is 5.75 Å². The molecular weight excluding hydrogens is 202 g/mol. The van der Waals surface area contributed by atoms with Crippen LogP contribution < -0.4 is 10.1 Å². The smallest absolute Gasteiger partial charge is 0.146 e. The summed E-state index contributed by atoms with van der Waals surface area (Å²) in [7, 11) is 0. The van der Waals surface area contributed by atoms with Crippen molar-refractivity contribution in [2.45, 2.75) is 18.9 Å². The van der Waals surface area contributed by atoms with Gasteiger partial charge in [0.15, 0.2) is 0 Å². The van der Waals surface area contributed by atoms with Gasteiger partial charge >= 0.3 is 0 Å². The Hall–Kier alpha value is -1.55. The summed E-state index contributed by atoms with van der Waals surface area (Å²) in [4.78, 5) is 7.36. The zero-order valence-corrected chi connectivity index (χ0v) is 9.07. The maximum absolute atomic E-state index is 5.97. The molecule has 2 aromatic rings. The topological polar surface area (TPSA) is 49.9 Å². The minimum atomic E-state index is 0.285. The van der Waals surface area contributed by atoms with E-state index in [9.17, 15) is 0 Å². The number of nitrogens with one attached hydrogen (secondary N) is 2. The fourth-order valence-electron chi connectivity index (χ4n) is 2.13. The van der Waals surface area contributed by atoms with Crippen LogP contribution in [0.25, 0.3) is 11.0 Å². The number of nitrogens with zero attached hydrogens (tertiary/aromatic N) is 1. The van der Waals surface area contributed by atoms with Gasteiger partial charge in [-0.3, -0.25) is 0 Å². The summed E-state index contributed by atoms with van der Waals surface area (Å²) in [6, 6.07) is 3.96. The van der Waals surface area contributed by atoms with E-state index in [4.69, 9.17) is 4.74 Å². The number of ether oxygens (including phenoxy) is 1. The molecule has 2 aromatic heterocycles. The summed E-state index contributed by atoms with van der Waals surface area (Å²) < 4.78 is 5.97. The molecule has 1 aliphatic heterocycles. The SMILES string of the molecule is c1cnc2[nH]cc(OC3CCCNC3)c2c1. The first-order chi connectivity index (χ1) is 7.93. The number of piperidine rings is 1. The fourth-order valence-corrected chi connectivity index (χ4v) is 2.13. The average Bonchev–Trinajstić information content (AvgIpc) is 2.74. The predicted octanol–water partition coefficient (Wildman–Crippen LogP) is 1.69. The molecule has 0 amide bonds. The quantitative estimate of drug-likeness (QED) is 0.805. The highest BCUT2D eigenvalue weighted by molar-refractivity contribution is 5.82. The third kappa shape index (κ3) is 1.76. The maximum atomic E-state index is 5.97. The number of pyridine rings is 1. The molecule has 4 nitrogen and oxygen atoms in total. The van der Waals surface area contributed by atoms with E-state index in [0.717, 1.165) is 36.3 Å². The Morgan fingerprint density at radius 1 is 1.44 bits per heavy atom. The van der Waals surface area contributed by atoms with Crippen molar-refractivity contribution in [3.8, 4) is 5.75 Å². The fraction of sp³-hybridized carbons (Fsp3) is 0.417. The third-order valence-corrected chi connectivity index (χ3v) is 2.96. The van der Waals surface area contributed by atoms with Gasteiger partial charge in [-0.25, -0.2) is 4.98 Å². The molecule has 1 atom stereocenters. The van der Waals surface area contributed by atoms with Gasteiger partial charge < -0.3 is 15.0 Å². The average molecular weight is 217 g/mol. The van der Waals surface area contributed by atoms with E-state index in [1.54, 1.807) is 6.20 Å². The van der Waals surface area contributed by atoms with E-state index in [2.05, 4.69) is 15.3 Å². The van der Waals surface area contributed by atoms with Crippen LogP contribution in [0.4, 0.5) is 0 Å². The first kappa shape index (κ1) is 9.66. The van der Waals surface area contributed by atoms with Crippen LogP contribution >= 0.6 is 0 Å². The molecule has 16 heavy (non-hydrogen) atoms. The van der Waals surface area contributed by atoms with Crippen LogP contribution in [-0.2, 0) is 0 Å². The molecule has 0 bridgehead atoms. The zero-order chi connectivity index (χ0) is 10.8. The molecule has 3 rings (SSSR count). The highest BCUT2D eigenvalue weighted by Gasteiger charge is 2.16. The summed E-state index contributed by atoms with van der Waals surface area (Å²) in [6.45, 7) is 2.04. The molecule has 0 spiro atoms. The molecule has 84 valence electrons. The summed E-state index contributed by atoms with van der Waals surface area (Å²) >= 11 is 0. The van der Waals surface area contributed by atoms with Gasteiger partial charge in [0.05, 0.1) is 5.39 Å². The highest BCUT2D eigenvalue weighted by atomic mass is 16.5. The van der Waals surface area contributed by atoms with Crippen LogP contribution in [0.1, 0.15) is 12.8 Å². The van der Waals surface area contributed by atoms with Crippen molar-refractivity contribution in [1.29, 1.82) is 0 Å². The Morgan fingerprint density at radius 2 is 2.44 bits per heavy atom. The maximum Gasteiger partial charge on any atom is 0.146 e.